The number of carbonyl (C=O) groups excluding carboxylic acids is 2. The Morgan fingerprint density at radius 2 is 1.68 bits per heavy atom. The Hall–Kier alpha value is -4.84. The lowest BCUT2D eigenvalue weighted by atomic mass is 9.84. The summed E-state index contributed by atoms with van der Waals surface area (Å²) in [4.78, 5) is 46.8. The molecule has 4 heterocycles. The van der Waals surface area contributed by atoms with Crippen molar-refractivity contribution in [2.45, 2.75) is 29.1 Å². The van der Waals surface area contributed by atoms with Gasteiger partial charge in [-0.2, -0.15) is 0 Å². The number of amides is 2. The summed E-state index contributed by atoms with van der Waals surface area (Å²) in [5, 5.41) is 9.36. The van der Waals surface area contributed by atoms with Crippen LogP contribution >= 0.6 is 34.7 Å². The summed E-state index contributed by atoms with van der Waals surface area (Å²) in [5.74, 6) is -1.70. The van der Waals surface area contributed by atoms with E-state index in [-0.39, 0.29) is 34.0 Å². The standard InChI is InChI=1S/C35H22ClFN4O4S2/c1-19-8-2-3-9-20(19)17-40-26-13-7-5-11-24(26)35(32(40)44)28-29(42)23-16-22(37)14-15-27(23)45-30(28)31(43)41(35)33-38-39-34(47-33)46-18-21-10-4-6-12-25(21)36/h2-16H,17-18H2,1H3. The molecule has 12 heteroatoms. The predicted molar refractivity (Wildman–Crippen MR) is 180 cm³/mol. The van der Waals surface area contributed by atoms with E-state index in [2.05, 4.69) is 10.2 Å². The molecule has 8 nitrogen and oxygen atoms in total. The van der Waals surface area contributed by atoms with Crippen molar-refractivity contribution in [1.29, 1.82) is 0 Å². The fraction of sp³-hybridized carbons (Fsp3) is 0.114. The van der Waals surface area contributed by atoms with Crippen LogP contribution in [0.4, 0.5) is 15.2 Å². The Bertz CT molecular complexity index is 2340. The molecule has 0 saturated heterocycles. The molecular formula is C35H22ClFN4O4S2. The molecule has 0 aliphatic carbocycles. The molecule has 0 bridgehead atoms. The molecule has 2 aromatic heterocycles. The van der Waals surface area contributed by atoms with Gasteiger partial charge in [0.25, 0.3) is 11.8 Å². The lowest BCUT2D eigenvalue weighted by molar-refractivity contribution is -0.121. The Morgan fingerprint density at radius 1 is 0.936 bits per heavy atom. The van der Waals surface area contributed by atoms with Gasteiger partial charge in [0.2, 0.25) is 10.9 Å². The number of carbonyl (C=O) groups is 2. The van der Waals surface area contributed by atoms with Crippen molar-refractivity contribution in [3.63, 3.8) is 0 Å². The largest absolute Gasteiger partial charge is 0.450 e. The number of fused-ring (bicyclic) bond motifs is 5. The molecule has 1 spiro atoms. The van der Waals surface area contributed by atoms with Crippen LogP contribution in [0.3, 0.4) is 0 Å². The fourth-order valence-electron chi connectivity index (χ4n) is 6.36. The summed E-state index contributed by atoms with van der Waals surface area (Å²) in [6, 6.07) is 25.7. The normalized spacial score (nSPS) is 16.8. The van der Waals surface area contributed by atoms with Gasteiger partial charge in [-0.05, 0) is 53.9 Å². The van der Waals surface area contributed by atoms with Gasteiger partial charge in [0, 0.05) is 16.3 Å². The summed E-state index contributed by atoms with van der Waals surface area (Å²) >= 11 is 8.86. The minimum Gasteiger partial charge on any atom is -0.450 e. The maximum atomic E-state index is 15.1. The highest BCUT2D eigenvalue weighted by atomic mass is 35.5. The summed E-state index contributed by atoms with van der Waals surface area (Å²) in [5.41, 5.74) is 0.922. The Balaban J connectivity index is 1.33. The van der Waals surface area contributed by atoms with Gasteiger partial charge in [-0.1, -0.05) is 95.4 Å². The summed E-state index contributed by atoms with van der Waals surface area (Å²) < 4.78 is 21.1. The van der Waals surface area contributed by atoms with E-state index in [1.807, 2.05) is 49.4 Å². The van der Waals surface area contributed by atoms with Crippen LogP contribution in [0.1, 0.15) is 38.4 Å². The first-order valence-corrected chi connectivity index (χ1v) is 16.7. The smallest absolute Gasteiger partial charge is 0.297 e. The van der Waals surface area contributed by atoms with Crippen LogP contribution < -0.4 is 15.2 Å². The lowest BCUT2D eigenvalue weighted by Gasteiger charge is -2.32. The first-order chi connectivity index (χ1) is 22.8. The fourth-order valence-corrected chi connectivity index (χ4v) is 8.53. The van der Waals surface area contributed by atoms with Gasteiger partial charge in [0.05, 0.1) is 23.2 Å². The van der Waals surface area contributed by atoms with Crippen LogP contribution in [0.25, 0.3) is 11.0 Å². The molecule has 2 amide bonds. The van der Waals surface area contributed by atoms with Gasteiger partial charge in [0.15, 0.2) is 15.3 Å². The Labute approximate surface area is 280 Å². The average Bonchev–Trinajstić information content (AvgIpc) is 3.71. The Kier molecular flexibility index (Phi) is 7.01. The second-order valence-corrected chi connectivity index (χ2v) is 13.8. The number of benzene rings is 4. The topological polar surface area (TPSA) is 96.6 Å². The zero-order chi connectivity index (χ0) is 32.4. The maximum absolute atomic E-state index is 15.1. The molecule has 1 atom stereocenters. The van der Waals surface area contributed by atoms with Crippen LogP contribution in [-0.4, -0.2) is 22.0 Å². The number of hydrogen-bond acceptors (Lipinski definition) is 8. The van der Waals surface area contributed by atoms with Crippen LogP contribution in [-0.2, 0) is 22.6 Å². The van der Waals surface area contributed by atoms with E-state index in [9.17, 15) is 14.0 Å². The highest BCUT2D eigenvalue weighted by Gasteiger charge is 2.66. The number of hydrogen-bond donors (Lipinski definition) is 0. The number of para-hydroxylation sites is 1. The minimum atomic E-state index is -1.98. The van der Waals surface area contributed by atoms with E-state index in [0.717, 1.165) is 40.2 Å². The summed E-state index contributed by atoms with van der Waals surface area (Å²) in [7, 11) is 0. The van der Waals surface area contributed by atoms with Crippen molar-refractivity contribution in [1.82, 2.24) is 10.2 Å². The third kappa shape index (κ3) is 4.45. The molecule has 2 aliphatic rings. The molecule has 0 radical (unpaired) electrons. The molecule has 0 fully saturated rings. The zero-order valence-corrected chi connectivity index (χ0v) is 27.0. The zero-order valence-electron chi connectivity index (χ0n) is 24.6. The molecule has 232 valence electrons. The molecule has 6 aromatic rings. The molecule has 8 rings (SSSR count). The summed E-state index contributed by atoms with van der Waals surface area (Å²) in [6.07, 6.45) is 0. The molecule has 1 unspecified atom stereocenters. The molecule has 2 aliphatic heterocycles. The summed E-state index contributed by atoms with van der Waals surface area (Å²) in [6.45, 7) is 2.14. The lowest BCUT2D eigenvalue weighted by Crippen LogP contribution is -2.53. The second-order valence-electron chi connectivity index (χ2n) is 11.2. The average molecular weight is 681 g/mol. The van der Waals surface area contributed by atoms with E-state index in [1.54, 1.807) is 35.2 Å². The molecule has 4 aromatic carbocycles. The quantitative estimate of drug-likeness (QED) is 0.133. The van der Waals surface area contributed by atoms with E-state index >= 15 is 4.79 Å². The monoisotopic (exact) mass is 680 g/mol. The van der Waals surface area contributed by atoms with Crippen molar-refractivity contribution in [2.24, 2.45) is 0 Å². The highest BCUT2D eigenvalue weighted by Crippen LogP contribution is 2.55. The number of aromatic nitrogens is 2. The van der Waals surface area contributed by atoms with Crippen LogP contribution in [0, 0.1) is 12.7 Å². The van der Waals surface area contributed by atoms with Gasteiger partial charge in [0.1, 0.15) is 11.4 Å². The van der Waals surface area contributed by atoms with E-state index in [4.69, 9.17) is 16.0 Å². The number of anilines is 2. The minimum absolute atomic E-state index is 0.0317. The number of rotatable bonds is 6. The van der Waals surface area contributed by atoms with E-state index in [0.29, 0.717) is 26.4 Å². The molecule has 47 heavy (non-hydrogen) atoms. The van der Waals surface area contributed by atoms with Gasteiger partial charge in [-0.3, -0.25) is 19.3 Å². The van der Waals surface area contributed by atoms with Crippen molar-refractivity contribution >= 4 is 68.3 Å². The van der Waals surface area contributed by atoms with Gasteiger partial charge >= 0.3 is 0 Å². The number of aryl methyl sites for hydroxylation is 1. The molecule has 0 N–H and O–H groups in total. The molecule has 0 saturated carbocycles. The second kappa shape index (κ2) is 11.2. The first kappa shape index (κ1) is 29.6. The van der Waals surface area contributed by atoms with Crippen molar-refractivity contribution in [3.05, 3.63) is 146 Å². The first-order valence-electron chi connectivity index (χ1n) is 14.6. The number of nitrogens with zero attached hydrogens (tertiary/aromatic N) is 4. The molecular weight excluding hydrogens is 659 g/mol. The highest BCUT2D eigenvalue weighted by molar-refractivity contribution is 8.00. The van der Waals surface area contributed by atoms with Crippen LogP contribution in [0.5, 0.6) is 0 Å². The third-order valence-corrected chi connectivity index (χ3v) is 11.0. The number of halogens is 2. The van der Waals surface area contributed by atoms with Gasteiger partial charge in [-0.15, -0.1) is 10.2 Å². The third-order valence-electron chi connectivity index (χ3n) is 8.57. The Morgan fingerprint density at radius 3 is 2.49 bits per heavy atom. The van der Waals surface area contributed by atoms with Crippen LogP contribution in [0.15, 0.2) is 105 Å². The predicted octanol–water partition coefficient (Wildman–Crippen LogP) is 7.49. The van der Waals surface area contributed by atoms with Gasteiger partial charge < -0.3 is 9.32 Å². The number of thioether (sulfide) groups is 1. The van der Waals surface area contributed by atoms with E-state index in [1.165, 1.54) is 22.7 Å². The van der Waals surface area contributed by atoms with Crippen molar-refractivity contribution in [3.8, 4) is 0 Å². The van der Waals surface area contributed by atoms with E-state index < -0.39 is 28.6 Å². The SMILES string of the molecule is Cc1ccccc1CN1C(=O)C2(c3ccccc31)c1c(oc3ccc(F)cc3c1=O)C(=O)N2c1nnc(SCc2ccccc2Cl)s1. The van der Waals surface area contributed by atoms with Crippen molar-refractivity contribution in [2.75, 3.05) is 9.80 Å². The van der Waals surface area contributed by atoms with Crippen LogP contribution in [0.2, 0.25) is 5.02 Å². The van der Waals surface area contributed by atoms with Gasteiger partial charge in [-0.25, -0.2) is 4.39 Å². The van der Waals surface area contributed by atoms with Crippen molar-refractivity contribution < 1.29 is 18.4 Å². The maximum Gasteiger partial charge on any atom is 0.297 e.